The van der Waals surface area contributed by atoms with Crippen molar-refractivity contribution in [1.29, 1.82) is 0 Å². The van der Waals surface area contributed by atoms with Crippen LogP contribution in [0.2, 0.25) is 0 Å². The number of phenols is 3. The van der Waals surface area contributed by atoms with Crippen molar-refractivity contribution < 1.29 is 58.9 Å². The third-order valence-corrected chi connectivity index (χ3v) is 12.0. The Balaban J connectivity index is 1.53. The van der Waals surface area contributed by atoms with Crippen LogP contribution in [-0.2, 0) is 23.8 Å². The van der Waals surface area contributed by atoms with E-state index < -0.39 is 88.8 Å². The molecule has 59 heavy (non-hydrogen) atoms. The van der Waals surface area contributed by atoms with Crippen molar-refractivity contribution in [3.8, 4) is 23.0 Å². The van der Waals surface area contributed by atoms with Crippen molar-refractivity contribution in [2.45, 2.75) is 123 Å². The third kappa shape index (κ3) is 8.59. The number of hydrogen-bond acceptors (Lipinski definition) is 15. The summed E-state index contributed by atoms with van der Waals surface area (Å²) in [4.78, 5) is 40.8. The number of hydrazine groups is 2. The van der Waals surface area contributed by atoms with Gasteiger partial charge >= 0.3 is 11.8 Å². The van der Waals surface area contributed by atoms with Gasteiger partial charge in [-0.25, -0.2) is 16.0 Å². The lowest BCUT2D eigenvalue weighted by Crippen LogP contribution is -2.51. The molecule has 0 unspecified atom stereocenters. The van der Waals surface area contributed by atoms with Crippen LogP contribution in [0.3, 0.4) is 0 Å². The smallest absolute Gasteiger partial charge is 0.312 e. The molecule has 2 fully saturated rings. The number of fused-ring (bicyclic) bond motifs is 14. The van der Waals surface area contributed by atoms with Gasteiger partial charge in [-0.05, 0) is 45.6 Å². The van der Waals surface area contributed by atoms with Crippen LogP contribution in [-0.4, -0.2) is 92.6 Å². The number of aliphatic hydroxyl groups excluding tert-OH is 2. The molecule has 3 heterocycles. The van der Waals surface area contributed by atoms with Gasteiger partial charge in [0.25, 0.3) is 11.7 Å². The first-order valence-electron chi connectivity index (χ1n) is 20.2. The average molecular weight is 823 g/mol. The zero-order valence-corrected chi connectivity index (χ0v) is 35.0. The van der Waals surface area contributed by atoms with Crippen LogP contribution in [0.4, 0.5) is 11.4 Å². The number of hydrogen-bond donors (Lipinski definition) is 8. The minimum Gasteiger partial charge on any atom is -0.507 e. The number of carbonyl (C=O) groups is 3. The summed E-state index contributed by atoms with van der Waals surface area (Å²) in [6.07, 6.45) is 6.99. The largest absolute Gasteiger partial charge is 0.507 e. The SMILES string of the molecule is CO[C@H]1/C=C/O[C@@]2(C)Oc3c(C)c(O)c4c(O)c(c(N(NC5CC5)NC5CC5)c(O)c4c3C2=O)NC(=O)/C(C)=C\C=C\[C@H](C)[C@H](O)[C@@H](C)[C@@H](O)[C@@H](C)[C@H](OC(C)=O)[C@@H]1C. The second kappa shape index (κ2) is 17.0. The quantitative estimate of drug-likeness (QED) is 0.0805. The van der Waals surface area contributed by atoms with Crippen LogP contribution < -0.4 is 26.0 Å². The van der Waals surface area contributed by atoms with Crippen molar-refractivity contribution in [1.82, 2.24) is 10.9 Å². The van der Waals surface area contributed by atoms with E-state index in [1.807, 2.05) is 0 Å². The molecule has 16 nitrogen and oxygen atoms in total. The Labute approximate surface area is 343 Å². The fourth-order valence-electron chi connectivity index (χ4n) is 7.88. The minimum atomic E-state index is -2.04. The van der Waals surface area contributed by atoms with Gasteiger partial charge in [-0.15, -0.1) is 0 Å². The highest BCUT2D eigenvalue weighted by molar-refractivity contribution is 6.23. The molecule has 7 rings (SSSR count). The van der Waals surface area contributed by atoms with Crippen LogP contribution in [0, 0.1) is 30.6 Å². The zero-order chi connectivity index (χ0) is 43.2. The molecule has 0 saturated heterocycles. The maximum absolute atomic E-state index is 14.5. The minimum absolute atomic E-state index is 0.0204. The fourth-order valence-corrected chi connectivity index (χ4v) is 7.88. The molecule has 3 aliphatic heterocycles. The monoisotopic (exact) mass is 822 g/mol. The molecule has 9 atom stereocenters. The van der Waals surface area contributed by atoms with Crippen molar-refractivity contribution >= 4 is 39.8 Å². The predicted molar refractivity (Wildman–Crippen MR) is 219 cm³/mol. The summed E-state index contributed by atoms with van der Waals surface area (Å²) in [6, 6.07) is 0.0408. The highest BCUT2D eigenvalue weighted by Crippen LogP contribution is 2.57. The Hall–Kier alpha value is -4.87. The number of benzene rings is 2. The lowest BCUT2D eigenvalue weighted by Gasteiger charge is -2.38. The molecule has 16 heteroatoms. The number of ketones is 1. The van der Waals surface area contributed by atoms with Gasteiger partial charge in [-0.2, -0.15) is 0 Å². The van der Waals surface area contributed by atoms with Crippen LogP contribution >= 0.6 is 0 Å². The summed E-state index contributed by atoms with van der Waals surface area (Å²) in [7, 11) is 1.44. The number of ether oxygens (including phenoxy) is 4. The topological polar surface area (TPSA) is 229 Å². The highest BCUT2D eigenvalue weighted by atomic mass is 16.7. The lowest BCUT2D eigenvalue weighted by molar-refractivity contribution is -0.160. The number of esters is 1. The number of Topliss-reactive ketones (excluding diaryl/α,β-unsaturated/α-hetero) is 1. The molecule has 5 aliphatic rings. The van der Waals surface area contributed by atoms with Crippen LogP contribution in [0.15, 0.2) is 36.1 Å². The number of anilines is 2. The summed E-state index contributed by atoms with van der Waals surface area (Å²) in [5.74, 6) is -8.20. The molecule has 2 aromatic carbocycles. The summed E-state index contributed by atoms with van der Waals surface area (Å²) >= 11 is 0. The normalized spacial score (nSPS) is 32.5. The van der Waals surface area contributed by atoms with Crippen LogP contribution in [0.5, 0.6) is 23.0 Å². The molecule has 1 amide bonds. The van der Waals surface area contributed by atoms with Gasteiger partial charge in [0.2, 0.25) is 0 Å². The molecular formula is C43H58N4O12. The number of aliphatic hydroxyl groups is 2. The molecule has 5 bridgehead atoms. The molecule has 8 N–H and O–H groups in total. The number of phenolic OH excluding ortho intramolecular Hbond substituents is 3. The van der Waals surface area contributed by atoms with Crippen molar-refractivity contribution in [3.05, 3.63) is 47.3 Å². The van der Waals surface area contributed by atoms with E-state index in [-0.39, 0.29) is 56.7 Å². The number of nitrogens with one attached hydrogen (secondary N) is 3. The Morgan fingerprint density at radius 2 is 1.53 bits per heavy atom. The summed E-state index contributed by atoms with van der Waals surface area (Å²) < 4.78 is 23.7. The zero-order valence-electron chi connectivity index (χ0n) is 35.0. The van der Waals surface area contributed by atoms with Crippen molar-refractivity contribution in [3.63, 3.8) is 0 Å². The van der Waals surface area contributed by atoms with E-state index >= 15 is 0 Å². The number of nitrogens with zero attached hydrogens (tertiary/aromatic N) is 1. The summed E-state index contributed by atoms with van der Waals surface area (Å²) in [6.45, 7) is 12.6. The van der Waals surface area contributed by atoms with E-state index in [4.69, 9.17) is 18.9 Å². The first-order valence-corrected chi connectivity index (χ1v) is 20.2. The molecule has 2 aliphatic carbocycles. The van der Waals surface area contributed by atoms with E-state index in [2.05, 4.69) is 16.2 Å². The molecule has 0 spiro atoms. The van der Waals surface area contributed by atoms with Gasteiger partial charge in [-0.3, -0.25) is 14.4 Å². The molecule has 0 radical (unpaired) electrons. The Morgan fingerprint density at radius 3 is 2.10 bits per heavy atom. The second-order valence-corrected chi connectivity index (χ2v) is 16.7. The van der Waals surface area contributed by atoms with Gasteiger partial charge in [0.1, 0.15) is 29.0 Å². The number of carbonyl (C=O) groups excluding carboxylic acids is 3. The number of methoxy groups -OCH3 is 1. The standard InChI is InChI=1S/C43H58N4O12/c1-19-11-10-12-20(2)42(55)44-32-33(47(45-26-13-14-26)46-27-15-16-27)38(53)29-30(37(32)52)36(51)24(6)40-31(29)41(54)43(8,59-40)57-18-17-28(56-9)21(3)39(58-25(7)48)23(5)35(50)22(4)34(19)49/h10-12,17-19,21-23,26-28,34-35,39,45-46,49-53H,13-16H2,1-9H3,(H,44,55)/b11-10+,18-17+,20-12-/t19-,21+,22+,23+,28-,34-,35+,39+,43-/m0/s1. The molecule has 0 aromatic heterocycles. The van der Waals surface area contributed by atoms with Crippen LogP contribution in [0.25, 0.3) is 10.8 Å². The highest BCUT2D eigenvalue weighted by Gasteiger charge is 2.50. The number of allylic oxidation sites excluding steroid dienone is 2. The van der Waals surface area contributed by atoms with E-state index in [1.54, 1.807) is 46.8 Å². The van der Waals surface area contributed by atoms with E-state index in [1.165, 1.54) is 51.4 Å². The van der Waals surface area contributed by atoms with E-state index in [0.717, 1.165) is 25.7 Å². The summed E-state index contributed by atoms with van der Waals surface area (Å²) in [5.41, 5.74) is 6.38. The average Bonchev–Trinajstić information content (AvgIpc) is 4.14. The van der Waals surface area contributed by atoms with E-state index in [9.17, 15) is 39.9 Å². The fraction of sp³-hybridized carbons (Fsp3) is 0.558. The van der Waals surface area contributed by atoms with Crippen LogP contribution in [0.1, 0.15) is 90.1 Å². The Bertz CT molecular complexity index is 2060. The maximum atomic E-state index is 14.5. The number of aromatic hydroxyl groups is 3. The lowest BCUT2D eigenvalue weighted by atomic mass is 9.78. The van der Waals surface area contributed by atoms with Crippen molar-refractivity contribution in [2.75, 3.05) is 17.5 Å². The predicted octanol–water partition coefficient (Wildman–Crippen LogP) is 4.89. The first kappa shape index (κ1) is 43.7. The maximum Gasteiger partial charge on any atom is 0.312 e. The Kier molecular flexibility index (Phi) is 12.6. The molecule has 2 aromatic rings. The first-order chi connectivity index (χ1) is 27.8. The van der Waals surface area contributed by atoms with Gasteiger partial charge in [0.05, 0.1) is 35.5 Å². The third-order valence-electron chi connectivity index (χ3n) is 12.0. The molecular weight excluding hydrogens is 764 g/mol. The molecule has 322 valence electrons. The number of rotatable bonds is 7. The van der Waals surface area contributed by atoms with Gasteiger partial charge in [-0.1, -0.05) is 45.9 Å². The second-order valence-electron chi connectivity index (χ2n) is 16.7. The van der Waals surface area contributed by atoms with Gasteiger partial charge in [0.15, 0.2) is 11.5 Å². The molecule has 2 saturated carbocycles. The van der Waals surface area contributed by atoms with Gasteiger partial charge < -0.3 is 49.8 Å². The number of amides is 1. The van der Waals surface area contributed by atoms with E-state index in [0.29, 0.717) is 0 Å². The summed E-state index contributed by atoms with van der Waals surface area (Å²) in [5, 5.41) is 62.7. The Morgan fingerprint density at radius 1 is 0.898 bits per heavy atom. The van der Waals surface area contributed by atoms with Crippen molar-refractivity contribution in [2.24, 2.45) is 23.7 Å². The van der Waals surface area contributed by atoms with Gasteiger partial charge in [0, 0.05) is 73.2 Å².